The lowest BCUT2D eigenvalue weighted by atomic mass is 9.95. The monoisotopic (exact) mass is 284 g/mol. The minimum Gasteiger partial charge on any atom is -0.481 e. The molecule has 1 heterocycles. The predicted molar refractivity (Wildman–Crippen MR) is 73.3 cm³/mol. The first-order valence-electron chi connectivity index (χ1n) is 7.49. The highest BCUT2D eigenvalue weighted by Gasteiger charge is 2.32. The van der Waals surface area contributed by atoms with Gasteiger partial charge in [0.15, 0.2) is 0 Å². The molecule has 20 heavy (non-hydrogen) atoms. The van der Waals surface area contributed by atoms with Crippen LogP contribution in [0.15, 0.2) is 0 Å². The highest BCUT2D eigenvalue weighted by Crippen LogP contribution is 2.26. The summed E-state index contributed by atoms with van der Waals surface area (Å²) in [5, 5.41) is 20.9. The highest BCUT2D eigenvalue weighted by atomic mass is 16.4. The highest BCUT2D eigenvalue weighted by molar-refractivity contribution is 5.75. The van der Waals surface area contributed by atoms with Crippen molar-refractivity contribution in [2.45, 2.75) is 44.6 Å². The van der Waals surface area contributed by atoms with E-state index < -0.39 is 5.97 Å². The number of carboxylic acids is 1. The maximum Gasteiger partial charge on any atom is 0.317 e. The number of hydrogen-bond acceptors (Lipinski definition) is 3. The van der Waals surface area contributed by atoms with E-state index in [4.69, 9.17) is 10.2 Å². The summed E-state index contributed by atoms with van der Waals surface area (Å²) in [7, 11) is 0. The molecule has 2 fully saturated rings. The second kappa shape index (κ2) is 6.92. The van der Waals surface area contributed by atoms with Crippen molar-refractivity contribution < 1.29 is 19.8 Å². The zero-order valence-corrected chi connectivity index (χ0v) is 11.8. The Morgan fingerprint density at radius 2 is 2.05 bits per heavy atom. The molecule has 1 aliphatic heterocycles. The van der Waals surface area contributed by atoms with Crippen LogP contribution < -0.4 is 5.32 Å². The van der Waals surface area contributed by atoms with E-state index in [9.17, 15) is 9.59 Å². The number of nitrogens with zero attached hydrogens (tertiary/aromatic N) is 1. The van der Waals surface area contributed by atoms with Crippen molar-refractivity contribution in [3.8, 4) is 0 Å². The van der Waals surface area contributed by atoms with Gasteiger partial charge in [0.2, 0.25) is 0 Å². The molecule has 0 bridgehead atoms. The molecule has 1 aliphatic carbocycles. The Morgan fingerprint density at radius 3 is 2.70 bits per heavy atom. The minimum atomic E-state index is -0.761. The third kappa shape index (κ3) is 3.85. The molecule has 0 aromatic rings. The molecule has 1 saturated heterocycles. The fourth-order valence-electron chi connectivity index (χ4n) is 3.27. The summed E-state index contributed by atoms with van der Waals surface area (Å²) in [6.45, 7) is 1.62. The van der Waals surface area contributed by atoms with Crippen LogP contribution in [0.1, 0.15) is 38.5 Å². The van der Waals surface area contributed by atoms with E-state index in [2.05, 4.69) is 5.32 Å². The van der Waals surface area contributed by atoms with Gasteiger partial charge >= 0.3 is 12.0 Å². The lowest BCUT2D eigenvalue weighted by Gasteiger charge is -2.33. The number of carbonyl (C=O) groups is 2. The summed E-state index contributed by atoms with van der Waals surface area (Å²) in [6, 6.07) is -0.0921. The van der Waals surface area contributed by atoms with Crippen molar-refractivity contribution in [2.24, 2.45) is 11.8 Å². The first kappa shape index (κ1) is 15.1. The van der Waals surface area contributed by atoms with Gasteiger partial charge in [-0.05, 0) is 44.4 Å². The standard InChI is InChI=1S/C14H24N2O4/c17-7-5-10-2-1-6-16(9-10)14(20)15-12-4-3-11(8-12)13(18)19/h10-12,17H,1-9H2,(H,15,20)(H,18,19)/t10?,11-,12+/m1/s1. The second-order valence-corrected chi connectivity index (χ2v) is 5.96. The fourth-order valence-corrected chi connectivity index (χ4v) is 3.27. The number of carboxylic acid groups (broad SMARTS) is 1. The van der Waals surface area contributed by atoms with E-state index in [-0.39, 0.29) is 24.6 Å². The van der Waals surface area contributed by atoms with Gasteiger partial charge in [0, 0.05) is 25.7 Å². The summed E-state index contributed by atoms with van der Waals surface area (Å²) >= 11 is 0. The molecule has 6 nitrogen and oxygen atoms in total. The smallest absolute Gasteiger partial charge is 0.317 e. The predicted octanol–water partition coefficient (Wildman–Crippen LogP) is 1.04. The summed E-state index contributed by atoms with van der Waals surface area (Å²) in [6.07, 6.45) is 4.71. The molecule has 3 atom stereocenters. The van der Waals surface area contributed by atoms with Gasteiger partial charge in [-0.2, -0.15) is 0 Å². The quantitative estimate of drug-likeness (QED) is 0.719. The Bertz CT molecular complexity index is 359. The van der Waals surface area contributed by atoms with Crippen LogP contribution in [-0.4, -0.2) is 52.9 Å². The van der Waals surface area contributed by atoms with Gasteiger partial charge in [0.25, 0.3) is 0 Å². The van der Waals surface area contributed by atoms with E-state index in [1.807, 2.05) is 0 Å². The largest absolute Gasteiger partial charge is 0.481 e. The SMILES string of the molecule is O=C(O)[C@@H]1CC[C@H](NC(=O)N2CCCC(CCO)C2)C1. The second-order valence-electron chi connectivity index (χ2n) is 5.96. The molecule has 2 aliphatic rings. The van der Waals surface area contributed by atoms with Crippen LogP contribution in [0.25, 0.3) is 0 Å². The number of piperidine rings is 1. The summed E-state index contributed by atoms with van der Waals surface area (Å²) in [5.74, 6) is -0.693. The molecule has 2 rings (SSSR count). The van der Waals surface area contributed by atoms with E-state index in [0.29, 0.717) is 25.3 Å². The Morgan fingerprint density at radius 1 is 1.25 bits per heavy atom. The first-order chi connectivity index (χ1) is 9.60. The van der Waals surface area contributed by atoms with Crippen LogP contribution in [0, 0.1) is 11.8 Å². The molecule has 0 radical (unpaired) electrons. The molecule has 1 saturated carbocycles. The molecule has 6 heteroatoms. The average Bonchev–Trinajstić information content (AvgIpc) is 2.88. The Hall–Kier alpha value is -1.30. The number of aliphatic carboxylic acids is 1. The van der Waals surface area contributed by atoms with Crippen LogP contribution >= 0.6 is 0 Å². The van der Waals surface area contributed by atoms with E-state index in [1.165, 1.54) is 0 Å². The summed E-state index contributed by atoms with van der Waals surface area (Å²) in [5.41, 5.74) is 0. The van der Waals surface area contributed by atoms with Crippen molar-refractivity contribution >= 4 is 12.0 Å². The van der Waals surface area contributed by atoms with Crippen LogP contribution in [0.2, 0.25) is 0 Å². The van der Waals surface area contributed by atoms with Crippen LogP contribution in [0.5, 0.6) is 0 Å². The molecule has 1 unspecified atom stereocenters. The number of aliphatic hydroxyl groups is 1. The van der Waals surface area contributed by atoms with Gasteiger partial charge in [-0.3, -0.25) is 4.79 Å². The number of amides is 2. The number of aliphatic hydroxyl groups excluding tert-OH is 1. The van der Waals surface area contributed by atoms with Crippen LogP contribution in [-0.2, 0) is 4.79 Å². The fraction of sp³-hybridized carbons (Fsp3) is 0.857. The third-order valence-corrected chi connectivity index (χ3v) is 4.45. The summed E-state index contributed by atoms with van der Waals surface area (Å²) < 4.78 is 0. The van der Waals surface area contributed by atoms with Gasteiger partial charge in [-0.15, -0.1) is 0 Å². The first-order valence-corrected chi connectivity index (χ1v) is 7.49. The Kier molecular flexibility index (Phi) is 5.23. The third-order valence-electron chi connectivity index (χ3n) is 4.45. The van der Waals surface area contributed by atoms with E-state index in [1.54, 1.807) is 4.90 Å². The maximum absolute atomic E-state index is 12.2. The molecule has 114 valence electrons. The van der Waals surface area contributed by atoms with Crippen molar-refractivity contribution in [3.63, 3.8) is 0 Å². The summed E-state index contributed by atoms with van der Waals surface area (Å²) in [4.78, 5) is 24.9. The Labute approximate surface area is 119 Å². The average molecular weight is 284 g/mol. The minimum absolute atomic E-state index is 0.0122. The Balaban J connectivity index is 1.78. The molecule has 0 spiro atoms. The van der Waals surface area contributed by atoms with Gasteiger partial charge in [-0.25, -0.2) is 4.79 Å². The van der Waals surface area contributed by atoms with Crippen molar-refractivity contribution in [2.75, 3.05) is 19.7 Å². The van der Waals surface area contributed by atoms with Crippen molar-refractivity contribution in [3.05, 3.63) is 0 Å². The maximum atomic E-state index is 12.2. The lowest BCUT2D eigenvalue weighted by molar-refractivity contribution is -0.141. The van der Waals surface area contributed by atoms with Crippen molar-refractivity contribution in [1.29, 1.82) is 0 Å². The molecule has 0 aromatic heterocycles. The zero-order chi connectivity index (χ0) is 14.5. The van der Waals surface area contributed by atoms with E-state index in [0.717, 1.165) is 32.2 Å². The number of urea groups is 1. The number of likely N-dealkylation sites (tertiary alicyclic amines) is 1. The van der Waals surface area contributed by atoms with Crippen LogP contribution in [0.4, 0.5) is 4.79 Å². The number of carbonyl (C=O) groups excluding carboxylic acids is 1. The van der Waals surface area contributed by atoms with E-state index >= 15 is 0 Å². The van der Waals surface area contributed by atoms with Gasteiger partial charge < -0.3 is 20.4 Å². The molecule has 0 aromatic carbocycles. The number of rotatable bonds is 4. The topological polar surface area (TPSA) is 89.9 Å². The molecule has 2 amide bonds. The van der Waals surface area contributed by atoms with Gasteiger partial charge in [0.05, 0.1) is 5.92 Å². The number of nitrogens with one attached hydrogen (secondary N) is 1. The number of hydrogen-bond donors (Lipinski definition) is 3. The van der Waals surface area contributed by atoms with Gasteiger partial charge in [-0.1, -0.05) is 0 Å². The molecular weight excluding hydrogens is 260 g/mol. The van der Waals surface area contributed by atoms with Crippen LogP contribution in [0.3, 0.4) is 0 Å². The molecule has 3 N–H and O–H groups in total. The molecular formula is C14H24N2O4. The van der Waals surface area contributed by atoms with Gasteiger partial charge in [0.1, 0.15) is 0 Å². The normalized spacial score (nSPS) is 30.2. The van der Waals surface area contributed by atoms with Crippen molar-refractivity contribution in [1.82, 2.24) is 10.2 Å². The zero-order valence-electron chi connectivity index (χ0n) is 11.8. The lowest BCUT2D eigenvalue weighted by Crippen LogP contribution is -2.48.